The summed E-state index contributed by atoms with van der Waals surface area (Å²) in [4.78, 5) is 16.9. The van der Waals surface area contributed by atoms with Crippen molar-refractivity contribution >= 4 is 12.0 Å². The van der Waals surface area contributed by atoms with Crippen LogP contribution in [0, 0.1) is 0 Å². The molecular formula is C34H48N2O10. The summed E-state index contributed by atoms with van der Waals surface area (Å²) in [6, 6.07) is 14.9. The first kappa shape index (κ1) is 37.1. The highest BCUT2D eigenvalue weighted by molar-refractivity contribution is 5.88. The Kier molecular flexibility index (Phi) is 17.3. The van der Waals surface area contributed by atoms with Crippen LogP contribution in [-0.2, 0) is 33.2 Å². The molecule has 1 aliphatic rings. The average molecular weight is 645 g/mol. The number of benzene rings is 2. The van der Waals surface area contributed by atoms with Crippen LogP contribution in [0.15, 0.2) is 66.8 Å². The monoisotopic (exact) mass is 644 g/mol. The number of aliphatic hydroxyl groups excluding tert-OH is 1. The van der Waals surface area contributed by atoms with Crippen molar-refractivity contribution in [3.05, 3.63) is 77.9 Å². The number of ether oxygens (including phenoxy) is 8. The molecule has 0 spiro atoms. The highest BCUT2D eigenvalue weighted by atomic mass is 16.8. The Hall–Kier alpha value is -3.33. The zero-order valence-corrected chi connectivity index (χ0v) is 27.2. The fourth-order valence-electron chi connectivity index (χ4n) is 4.55. The molecule has 1 heterocycles. The van der Waals surface area contributed by atoms with E-state index in [0.717, 1.165) is 30.8 Å². The maximum atomic E-state index is 12.8. The molecule has 254 valence electrons. The van der Waals surface area contributed by atoms with Gasteiger partial charge in [0.05, 0.1) is 32.5 Å². The molecule has 46 heavy (non-hydrogen) atoms. The minimum Gasteiger partial charge on any atom is -0.441 e. The van der Waals surface area contributed by atoms with Crippen molar-refractivity contribution in [2.75, 3.05) is 87.6 Å². The molecule has 0 aromatic heterocycles. The molecule has 1 saturated heterocycles. The minimum absolute atomic E-state index is 0.0537. The molecular weight excluding hydrogens is 596 g/mol. The molecule has 1 aliphatic heterocycles. The Morgan fingerprint density at radius 2 is 1.39 bits per heavy atom. The number of carbonyl (C=O) groups is 1. The molecule has 2 aromatic carbocycles. The van der Waals surface area contributed by atoms with Crippen molar-refractivity contribution in [3.8, 4) is 11.5 Å². The third kappa shape index (κ3) is 13.6. The van der Waals surface area contributed by atoms with E-state index in [1.165, 1.54) is 14.2 Å². The summed E-state index contributed by atoms with van der Waals surface area (Å²) in [5.74, 6) is 0.784. The van der Waals surface area contributed by atoms with E-state index in [0.29, 0.717) is 44.2 Å². The largest absolute Gasteiger partial charge is 0.441 e. The molecule has 3 unspecified atom stereocenters. The van der Waals surface area contributed by atoms with Crippen LogP contribution in [0.2, 0.25) is 0 Å². The molecule has 3 rings (SSSR count). The molecule has 1 N–H and O–H groups in total. The van der Waals surface area contributed by atoms with Crippen LogP contribution in [0.25, 0.3) is 6.08 Å². The summed E-state index contributed by atoms with van der Waals surface area (Å²) in [7, 11) is 6.11. The molecule has 0 aliphatic carbocycles. The van der Waals surface area contributed by atoms with Crippen LogP contribution >= 0.6 is 0 Å². The lowest BCUT2D eigenvalue weighted by atomic mass is 10.1. The van der Waals surface area contributed by atoms with E-state index in [1.54, 1.807) is 50.6 Å². The number of methoxy groups -OCH3 is 4. The molecule has 12 nitrogen and oxygen atoms in total. The Balaban J connectivity index is 1.57. The van der Waals surface area contributed by atoms with Crippen molar-refractivity contribution in [2.24, 2.45) is 0 Å². The maximum Gasteiger partial charge on any atom is 0.315 e. The van der Waals surface area contributed by atoms with Crippen LogP contribution < -0.4 is 9.47 Å². The van der Waals surface area contributed by atoms with Crippen molar-refractivity contribution in [2.45, 2.75) is 25.5 Å². The number of carbonyl (C=O) groups excluding carboxylic acids is 1. The number of hydrogen-bond acceptors (Lipinski definition) is 11. The van der Waals surface area contributed by atoms with Crippen LogP contribution in [0.3, 0.4) is 0 Å². The van der Waals surface area contributed by atoms with Gasteiger partial charge >= 0.3 is 13.0 Å². The summed E-state index contributed by atoms with van der Waals surface area (Å²) in [6.45, 7) is 2.97. The first-order valence-corrected chi connectivity index (χ1v) is 15.3. The van der Waals surface area contributed by atoms with Gasteiger partial charge in [-0.3, -0.25) is 9.69 Å². The molecule has 1 fully saturated rings. The molecule has 2 aromatic rings. The van der Waals surface area contributed by atoms with Gasteiger partial charge in [-0.05, 0) is 29.7 Å². The average Bonchev–Trinajstić information content (AvgIpc) is 3.08. The van der Waals surface area contributed by atoms with Gasteiger partial charge in [-0.1, -0.05) is 48.6 Å². The van der Waals surface area contributed by atoms with Crippen LogP contribution in [0.1, 0.15) is 23.7 Å². The van der Waals surface area contributed by atoms with Crippen LogP contribution in [0.5, 0.6) is 11.5 Å². The first-order valence-electron chi connectivity index (χ1n) is 15.3. The summed E-state index contributed by atoms with van der Waals surface area (Å²) < 4.78 is 43.5. The topological polar surface area (TPSA) is 118 Å². The quantitative estimate of drug-likeness (QED) is 0.0932. The van der Waals surface area contributed by atoms with E-state index in [2.05, 4.69) is 4.90 Å². The standard InChI is InChI=1S/C34H48N2O10/c1-39-20-22-43-33(41-3)45-29-24-27(25-30(26-29)46-34(42-4)44-23-21-40-2)10-8-9-13-32(38)36-18-16-35(17-19-36)15-14-31(37)28-11-6-5-7-12-28/h5-13,24-26,31,33-34,37H,14-23H2,1-4H3. The summed E-state index contributed by atoms with van der Waals surface area (Å²) in [6.07, 6.45) is 7.02. The Bertz CT molecular complexity index is 1150. The van der Waals surface area contributed by atoms with E-state index in [9.17, 15) is 9.90 Å². The first-order chi connectivity index (χ1) is 22.4. The fraction of sp³-hybridized carbons (Fsp3) is 0.500. The molecule has 1 amide bonds. The lowest BCUT2D eigenvalue weighted by molar-refractivity contribution is -0.239. The number of allylic oxidation sites excluding steroid dienone is 2. The molecule has 0 saturated carbocycles. The van der Waals surface area contributed by atoms with E-state index < -0.39 is 19.1 Å². The third-order valence-corrected chi connectivity index (χ3v) is 7.06. The number of rotatable bonds is 21. The summed E-state index contributed by atoms with van der Waals surface area (Å²) in [5.41, 5.74) is 1.66. The zero-order valence-electron chi connectivity index (χ0n) is 27.2. The summed E-state index contributed by atoms with van der Waals surface area (Å²) in [5, 5.41) is 10.5. The van der Waals surface area contributed by atoms with Gasteiger partial charge in [-0.2, -0.15) is 0 Å². The Labute approximate surface area is 272 Å². The summed E-state index contributed by atoms with van der Waals surface area (Å²) >= 11 is 0. The van der Waals surface area contributed by atoms with E-state index >= 15 is 0 Å². The van der Waals surface area contributed by atoms with Crippen molar-refractivity contribution in [1.29, 1.82) is 0 Å². The number of amides is 1. The molecule has 3 atom stereocenters. The van der Waals surface area contributed by atoms with E-state index in [4.69, 9.17) is 37.9 Å². The van der Waals surface area contributed by atoms with E-state index in [1.807, 2.05) is 41.3 Å². The molecule has 0 bridgehead atoms. The third-order valence-electron chi connectivity index (χ3n) is 7.06. The van der Waals surface area contributed by atoms with Gasteiger partial charge in [-0.15, -0.1) is 0 Å². The highest BCUT2D eigenvalue weighted by Gasteiger charge is 2.20. The second-order valence-corrected chi connectivity index (χ2v) is 10.3. The maximum absolute atomic E-state index is 12.8. The predicted octanol–water partition coefficient (Wildman–Crippen LogP) is 3.47. The van der Waals surface area contributed by atoms with Crippen LogP contribution in [-0.4, -0.2) is 121 Å². The van der Waals surface area contributed by atoms with Gasteiger partial charge in [-0.25, -0.2) is 0 Å². The van der Waals surface area contributed by atoms with Gasteiger partial charge in [0.25, 0.3) is 0 Å². The van der Waals surface area contributed by atoms with Gasteiger partial charge in [0.1, 0.15) is 11.5 Å². The zero-order chi connectivity index (χ0) is 33.0. The Morgan fingerprint density at radius 3 is 1.93 bits per heavy atom. The van der Waals surface area contributed by atoms with Gasteiger partial charge in [0.2, 0.25) is 5.91 Å². The van der Waals surface area contributed by atoms with Gasteiger partial charge in [0.15, 0.2) is 0 Å². The Morgan fingerprint density at radius 1 is 0.804 bits per heavy atom. The van der Waals surface area contributed by atoms with Crippen molar-refractivity contribution in [3.63, 3.8) is 0 Å². The number of aliphatic hydroxyl groups is 1. The fourth-order valence-corrected chi connectivity index (χ4v) is 4.55. The minimum atomic E-state index is -0.967. The predicted molar refractivity (Wildman–Crippen MR) is 172 cm³/mol. The number of piperazine rings is 1. The molecule has 12 heteroatoms. The highest BCUT2D eigenvalue weighted by Crippen LogP contribution is 2.26. The van der Waals surface area contributed by atoms with Crippen LogP contribution in [0.4, 0.5) is 0 Å². The molecule has 0 radical (unpaired) electrons. The lowest BCUT2D eigenvalue weighted by Crippen LogP contribution is -2.48. The second-order valence-electron chi connectivity index (χ2n) is 10.3. The van der Waals surface area contributed by atoms with E-state index in [-0.39, 0.29) is 19.1 Å². The van der Waals surface area contributed by atoms with Gasteiger partial charge in [0, 0.05) is 73.3 Å². The normalized spacial score (nSPS) is 16.2. The van der Waals surface area contributed by atoms with Crippen molar-refractivity contribution in [1.82, 2.24) is 9.80 Å². The number of nitrogens with zero attached hydrogens (tertiary/aromatic N) is 2. The smallest absolute Gasteiger partial charge is 0.315 e. The van der Waals surface area contributed by atoms with Crippen molar-refractivity contribution < 1.29 is 47.8 Å². The number of hydrogen-bond donors (Lipinski definition) is 1. The SMILES string of the molecule is COCCOC(OC)Oc1cc(C=CC=CC(=O)N2CCN(CCC(O)c3ccccc3)CC2)cc(OC(OC)OCCOC)c1. The lowest BCUT2D eigenvalue weighted by Gasteiger charge is -2.34. The van der Waals surface area contributed by atoms with Gasteiger partial charge < -0.3 is 47.9 Å². The second kappa shape index (κ2) is 21.5.